The number of hydrogen-bond acceptors (Lipinski definition) is 5. The van der Waals surface area contributed by atoms with Crippen LogP contribution >= 0.6 is 11.8 Å². The molecule has 1 amide bonds. The van der Waals surface area contributed by atoms with Gasteiger partial charge in [0.2, 0.25) is 5.91 Å². The average molecular weight is 352 g/mol. The van der Waals surface area contributed by atoms with Crippen molar-refractivity contribution in [2.24, 2.45) is 5.92 Å². The van der Waals surface area contributed by atoms with Crippen molar-refractivity contribution in [1.82, 2.24) is 10.2 Å². The lowest BCUT2D eigenvalue weighted by Crippen LogP contribution is -2.45. The summed E-state index contributed by atoms with van der Waals surface area (Å²) in [6, 6.07) is 7.69. The van der Waals surface area contributed by atoms with Gasteiger partial charge < -0.3 is 10.1 Å². The van der Waals surface area contributed by atoms with Crippen LogP contribution in [0.2, 0.25) is 0 Å². The zero-order valence-corrected chi connectivity index (χ0v) is 16.0. The number of carbonyl (C=O) groups is 2. The number of methoxy groups -OCH3 is 1. The first-order valence-corrected chi connectivity index (χ1v) is 9.26. The summed E-state index contributed by atoms with van der Waals surface area (Å²) in [7, 11) is 3.23. The fraction of sp³-hybridized carbons (Fsp3) is 0.556. The highest BCUT2D eigenvalue weighted by atomic mass is 32.2. The summed E-state index contributed by atoms with van der Waals surface area (Å²) in [5, 5.41) is 2.78. The van der Waals surface area contributed by atoms with Crippen molar-refractivity contribution in [3.05, 3.63) is 29.8 Å². The van der Waals surface area contributed by atoms with E-state index >= 15 is 0 Å². The molecular weight excluding hydrogens is 324 g/mol. The van der Waals surface area contributed by atoms with Gasteiger partial charge >= 0.3 is 5.97 Å². The Kier molecular flexibility index (Phi) is 8.85. The molecule has 0 fully saturated rings. The molecule has 0 saturated heterocycles. The molecule has 1 aromatic rings. The molecule has 0 aliphatic heterocycles. The first kappa shape index (κ1) is 20.5. The molecule has 0 saturated carbocycles. The maximum absolute atomic E-state index is 12.2. The lowest BCUT2D eigenvalue weighted by atomic mass is 10.0. The number of likely N-dealkylation sites (N-methyl/N-ethyl adjacent to an activating group) is 1. The van der Waals surface area contributed by atoms with Gasteiger partial charge in [0.1, 0.15) is 6.04 Å². The molecule has 0 radical (unpaired) electrons. The molecule has 0 bridgehead atoms. The minimum Gasteiger partial charge on any atom is -0.467 e. The Labute approximate surface area is 149 Å². The number of nitrogens with one attached hydrogen (secondary N) is 1. The van der Waals surface area contributed by atoms with Crippen LogP contribution in [-0.4, -0.2) is 49.8 Å². The molecule has 134 valence electrons. The van der Waals surface area contributed by atoms with E-state index in [4.69, 9.17) is 4.74 Å². The average Bonchev–Trinajstić information content (AvgIpc) is 2.53. The van der Waals surface area contributed by atoms with Crippen LogP contribution in [0.3, 0.4) is 0 Å². The highest BCUT2D eigenvalue weighted by Gasteiger charge is 2.22. The normalized spacial score (nSPS) is 12.3. The monoisotopic (exact) mass is 352 g/mol. The van der Waals surface area contributed by atoms with E-state index in [1.54, 1.807) is 11.8 Å². The quantitative estimate of drug-likeness (QED) is 0.547. The van der Waals surface area contributed by atoms with Crippen LogP contribution in [0.5, 0.6) is 0 Å². The van der Waals surface area contributed by atoms with E-state index in [1.807, 2.05) is 32.1 Å². The zero-order chi connectivity index (χ0) is 18.1. The molecule has 1 rings (SSSR count). The second-order valence-corrected chi connectivity index (χ2v) is 7.17. The second kappa shape index (κ2) is 10.4. The van der Waals surface area contributed by atoms with Crippen LogP contribution in [0.25, 0.3) is 0 Å². The van der Waals surface area contributed by atoms with Gasteiger partial charge in [0.25, 0.3) is 0 Å². The van der Waals surface area contributed by atoms with E-state index in [1.165, 1.54) is 12.0 Å². The predicted molar refractivity (Wildman–Crippen MR) is 98.0 cm³/mol. The van der Waals surface area contributed by atoms with E-state index in [0.717, 1.165) is 5.56 Å². The third kappa shape index (κ3) is 7.36. The molecule has 6 heteroatoms. The highest BCUT2D eigenvalue weighted by Crippen LogP contribution is 2.15. The number of ether oxygens (including phenoxy) is 1. The molecule has 0 aliphatic rings. The molecule has 1 atom stereocenters. The van der Waals surface area contributed by atoms with Crippen LogP contribution in [0, 0.1) is 5.92 Å². The predicted octanol–water partition coefficient (Wildman–Crippen LogP) is 2.54. The number of carbonyl (C=O) groups excluding carboxylic acids is 2. The highest BCUT2D eigenvalue weighted by molar-refractivity contribution is 7.98. The second-order valence-electron chi connectivity index (χ2n) is 6.29. The molecule has 1 unspecified atom stereocenters. The number of nitrogens with zero attached hydrogens (tertiary/aromatic N) is 1. The van der Waals surface area contributed by atoms with Gasteiger partial charge in [-0.1, -0.05) is 26.0 Å². The summed E-state index contributed by atoms with van der Waals surface area (Å²) in [5.41, 5.74) is 1.15. The zero-order valence-electron chi connectivity index (χ0n) is 15.2. The fourth-order valence-electron chi connectivity index (χ4n) is 2.41. The minimum absolute atomic E-state index is 0.172. The molecule has 0 aromatic heterocycles. The Morgan fingerprint density at radius 2 is 1.88 bits per heavy atom. The van der Waals surface area contributed by atoms with Gasteiger partial charge in [-0.05, 0) is 43.3 Å². The number of rotatable bonds is 9. The lowest BCUT2D eigenvalue weighted by molar-refractivity contribution is -0.145. The maximum Gasteiger partial charge on any atom is 0.328 e. The maximum atomic E-state index is 12.2. The van der Waals surface area contributed by atoms with Crippen LogP contribution in [0.15, 0.2) is 29.2 Å². The van der Waals surface area contributed by atoms with Gasteiger partial charge in [-0.15, -0.1) is 11.8 Å². The summed E-state index contributed by atoms with van der Waals surface area (Å²) in [6.45, 7) is 4.92. The molecule has 0 heterocycles. The Bertz CT molecular complexity index is 532. The van der Waals surface area contributed by atoms with E-state index in [0.29, 0.717) is 18.9 Å². The summed E-state index contributed by atoms with van der Waals surface area (Å²) < 4.78 is 4.77. The first-order chi connectivity index (χ1) is 11.3. The van der Waals surface area contributed by atoms with E-state index < -0.39 is 12.0 Å². The fourth-order valence-corrected chi connectivity index (χ4v) is 2.82. The molecule has 0 aliphatic carbocycles. The molecule has 1 N–H and O–H groups in total. The molecule has 0 spiro atoms. The van der Waals surface area contributed by atoms with Crippen molar-refractivity contribution in [2.75, 3.05) is 27.0 Å². The molecule has 1 aromatic carbocycles. The first-order valence-electron chi connectivity index (χ1n) is 8.04. The van der Waals surface area contributed by atoms with E-state index in [9.17, 15) is 9.59 Å². The largest absolute Gasteiger partial charge is 0.467 e. The summed E-state index contributed by atoms with van der Waals surface area (Å²) in [4.78, 5) is 27.1. The Morgan fingerprint density at radius 1 is 1.25 bits per heavy atom. The minimum atomic E-state index is -0.586. The molecule has 5 nitrogen and oxygen atoms in total. The number of esters is 1. The molecular formula is C18H28N2O3S. The number of amides is 1. The van der Waals surface area contributed by atoms with Gasteiger partial charge in [-0.25, -0.2) is 4.79 Å². The van der Waals surface area contributed by atoms with Gasteiger partial charge in [0.15, 0.2) is 0 Å². The van der Waals surface area contributed by atoms with Gasteiger partial charge in [-0.3, -0.25) is 9.69 Å². The van der Waals surface area contributed by atoms with Crippen molar-refractivity contribution in [2.45, 2.75) is 37.8 Å². The van der Waals surface area contributed by atoms with Crippen LogP contribution < -0.4 is 5.32 Å². The summed E-state index contributed by atoms with van der Waals surface area (Å²) in [5.74, 6) is -0.274. The van der Waals surface area contributed by atoms with E-state index in [2.05, 4.69) is 29.6 Å². The number of benzene rings is 1. The lowest BCUT2D eigenvalue weighted by Gasteiger charge is -2.21. The number of hydrogen-bond donors (Lipinski definition) is 1. The van der Waals surface area contributed by atoms with Crippen molar-refractivity contribution < 1.29 is 14.3 Å². The van der Waals surface area contributed by atoms with Crippen molar-refractivity contribution in [1.29, 1.82) is 0 Å². The van der Waals surface area contributed by atoms with Crippen molar-refractivity contribution in [3.8, 4) is 0 Å². The van der Waals surface area contributed by atoms with Gasteiger partial charge in [0.05, 0.1) is 13.7 Å². The van der Waals surface area contributed by atoms with Crippen LogP contribution in [-0.2, 0) is 20.9 Å². The SMILES string of the molecule is COC(=O)C(CC(C)C)NC(=O)CN(C)Cc1ccc(SC)cc1. The topological polar surface area (TPSA) is 58.6 Å². The standard InChI is InChI=1S/C18H28N2O3S/c1-13(2)10-16(18(22)23-4)19-17(21)12-20(3)11-14-6-8-15(24-5)9-7-14/h6-9,13,16H,10-12H2,1-5H3,(H,19,21). The Morgan fingerprint density at radius 3 is 2.38 bits per heavy atom. The summed E-state index contributed by atoms with van der Waals surface area (Å²) in [6.07, 6.45) is 2.61. The molecule has 24 heavy (non-hydrogen) atoms. The third-order valence-corrected chi connectivity index (χ3v) is 4.30. The van der Waals surface area contributed by atoms with Crippen LogP contribution in [0.1, 0.15) is 25.8 Å². The third-order valence-electron chi connectivity index (χ3n) is 3.55. The van der Waals surface area contributed by atoms with Crippen molar-refractivity contribution >= 4 is 23.6 Å². The van der Waals surface area contributed by atoms with Gasteiger partial charge in [-0.2, -0.15) is 0 Å². The van der Waals surface area contributed by atoms with Crippen LogP contribution in [0.4, 0.5) is 0 Å². The smallest absolute Gasteiger partial charge is 0.328 e. The Hall–Kier alpha value is -1.53. The number of thioether (sulfide) groups is 1. The van der Waals surface area contributed by atoms with Crippen molar-refractivity contribution in [3.63, 3.8) is 0 Å². The summed E-state index contributed by atoms with van der Waals surface area (Å²) >= 11 is 1.70. The van der Waals surface area contributed by atoms with E-state index in [-0.39, 0.29) is 12.5 Å². The Balaban J connectivity index is 2.53. The van der Waals surface area contributed by atoms with Gasteiger partial charge in [0, 0.05) is 11.4 Å².